The molecule has 0 radical (unpaired) electrons. The first kappa shape index (κ1) is 15.0. The van der Waals surface area contributed by atoms with E-state index in [-0.39, 0.29) is 0 Å². The van der Waals surface area contributed by atoms with Crippen molar-refractivity contribution in [3.63, 3.8) is 0 Å². The average molecular weight is 374 g/mol. The van der Waals surface area contributed by atoms with Crippen LogP contribution in [-0.2, 0) is 0 Å². The Morgan fingerprint density at radius 2 is 1.17 bits per heavy atom. The summed E-state index contributed by atoms with van der Waals surface area (Å²) >= 11 is 3.59. The van der Waals surface area contributed by atoms with E-state index in [9.17, 15) is 0 Å². The Labute approximate surface area is 150 Å². The van der Waals surface area contributed by atoms with E-state index in [1.165, 1.54) is 10.8 Å². The van der Waals surface area contributed by atoms with Crippen molar-refractivity contribution in [2.75, 3.05) is 4.90 Å². The highest BCUT2D eigenvalue weighted by molar-refractivity contribution is 9.10. The lowest BCUT2D eigenvalue weighted by Crippen LogP contribution is -2.09. The summed E-state index contributed by atoms with van der Waals surface area (Å²) in [6.45, 7) is 0. The van der Waals surface area contributed by atoms with E-state index in [1.54, 1.807) is 0 Å². The van der Waals surface area contributed by atoms with Crippen molar-refractivity contribution in [1.82, 2.24) is 0 Å². The van der Waals surface area contributed by atoms with Gasteiger partial charge in [-0.2, -0.15) is 0 Å². The molecule has 24 heavy (non-hydrogen) atoms. The fraction of sp³-hybridized carbons (Fsp3) is 0. The second-order valence-corrected chi connectivity index (χ2v) is 6.60. The zero-order valence-electron chi connectivity index (χ0n) is 13.1. The van der Waals surface area contributed by atoms with Crippen LogP contribution in [-0.4, -0.2) is 0 Å². The number of nitrogens with zero attached hydrogens (tertiary/aromatic N) is 1. The van der Waals surface area contributed by atoms with E-state index in [4.69, 9.17) is 0 Å². The molecule has 0 aliphatic heterocycles. The Morgan fingerprint density at radius 1 is 0.500 bits per heavy atom. The fourth-order valence-electron chi connectivity index (χ4n) is 2.96. The number of hydrogen-bond donors (Lipinski definition) is 0. The highest BCUT2D eigenvalue weighted by Gasteiger charge is 2.12. The van der Waals surface area contributed by atoms with Crippen LogP contribution in [0, 0.1) is 0 Å². The molecule has 0 spiro atoms. The maximum absolute atomic E-state index is 3.59. The Balaban J connectivity index is 1.91. The average Bonchev–Trinajstić information content (AvgIpc) is 2.63. The Hall–Kier alpha value is -2.58. The zero-order chi connectivity index (χ0) is 16.4. The van der Waals surface area contributed by atoms with Crippen molar-refractivity contribution in [2.45, 2.75) is 0 Å². The SMILES string of the molecule is Brc1cccc(N(c2ccccc2)c2ccc3ccccc3c2)c1. The van der Waals surface area contributed by atoms with Crippen LogP contribution in [0.1, 0.15) is 0 Å². The molecule has 0 unspecified atom stereocenters. The number of anilines is 3. The van der Waals surface area contributed by atoms with Gasteiger partial charge in [-0.3, -0.25) is 0 Å². The van der Waals surface area contributed by atoms with Crippen molar-refractivity contribution in [3.8, 4) is 0 Å². The van der Waals surface area contributed by atoms with Crippen LogP contribution < -0.4 is 4.90 Å². The maximum Gasteiger partial charge on any atom is 0.0472 e. The van der Waals surface area contributed by atoms with Crippen LogP contribution in [0.15, 0.2) is 102 Å². The van der Waals surface area contributed by atoms with E-state index in [1.807, 2.05) is 12.1 Å². The smallest absolute Gasteiger partial charge is 0.0472 e. The Morgan fingerprint density at radius 3 is 1.96 bits per heavy atom. The van der Waals surface area contributed by atoms with Gasteiger partial charge in [0.1, 0.15) is 0 Å². The lowest BCUT2D eigenvalue weighted by atomic mass is 10.1. The number of rotatable bonds is 3. The van der Waals surface area contributed by atoms with Gasteiger partial charge in [0, 0.05) is 21.5 Å². The van der Waals surface area contributed by atoms with Crippen LogP contribution in [0.5, 0.6) is 0 Å². The van der Waals surface area contributed by atoms with Gasteiger partial charge in [-0.25, -0.2) is 0 Å². The minimum Gasteiger partial charge on any atom is -0.310 e. The summed E-state index contributed by atoms with van der Waals surface area (Å²) in [5.74, 6) is 0. The van der Waals surface area contributed by atoms with Crippen molar-refractivity contribution in [3.05, 3.63) is 102 Å². The van der Waals surface area contributed by atoms with Gasteiger partial charge in [0.2, 0.25) is 0 Å². The monoisotopic (exact) mass is 373 g/mol. The van der Waals surface area contributed by atoms with Gasteiger partial charge in [0.25, 0.3) is 0 Å². The van der Waals surface area contributed by atoms with Gasteiger partial charge in [-0.05, 0) is 53.2 Å². The number of fused-ring (bicyclic) bond motifs is 1. The van der Waals surface area contributed by atoms with Gasteiger partial charge in [0.15, 0.2) is 0 Å². The van der Waals surface area contributed by atoms with Gasteiger partial charge < -0.3 is 4.90 Å². The standard InChI is InChI=1S/C22H16BrN/c23-19-9-6-12-21(16-19)24(20-10-2-1-3-11-20)22-14-13-17-7-4-5-8-18(17)15-22/h1-16H. The second kappa shape index (κ2) is 6.50. The molecule has 4 aromatic rings. The number of benzene rings is 4. The van der Waals surface area contributed by atoms with E-state index < -0.39 is 0 Å². The second-order valence-electron chi connectivity index (χ2n) is 5.68. The van der Waals surface area contributed by atoms with Crippen LogP contribution >= 0.6 is 15.9 Å². The van der Waals surface area contributed by atoms with Crippen molar-refractivity contribution >= 4 is 43.8 Å². The maximum atomic E-state index is 3.59. The molecule has 116 valence electrons. The molecule has 0 saturated carbocycles. The third-order valence-electron chi connectivity index (χ3n) is 4.07. The molecule has 0 aliphatic carbocycles. The molecule has 0 heterocycles. The van der Waals surface area contributed by atoms with Crippen LogP contribution in [0.25, 0.3) is 10.8 Å². The summed E-state index contributed by atoms with van der Waals surface area (Å²) in [6, 6.07) is 33.9. The van der Waals surface area contributed by atoms with E-state index in [0.29, 0.717) is 0 Å². The number of para-hydroxylation sites is 1. The molecule has 0 saturated heterocycles. The first-order valence-corrected chi connectivity index (χ1v) is 8.70. The normalized spacial score (nSPS) is 10.7. The van der Waals surface area contributed by atoms with Gasteiger partial charge in [-0.15, -0.1) is 0 Å². The zero-order valence-corrected chi connectivity index (χ0v) is 14.6. The van der Waals surface area contributed by atoms with E-state index >= 15 is 0 Å². The molecule has 1 nitrogen and oxygen atoms in total. The van der Waals surface area contributed by atoms with E-state index in [2.05, 4.69) is 106 Å². The predicted octanol–water partition coefficient (Wildman–Crippen LogP) is 7.07. The molecule has 0 fully saturated rings. The predicted molar refractivity (Wildman–Crippen MR) is 106 cm³/mol. The summed E-state index contributed by atoms with van der Waals surface area (Å²) in [4.78, 5) is 2.28. The third kappa shape index (κ3) is 2.93. The number of halogens is 1. The summed E-state index contributed by atoms with van der Waals surface area (Å²) < 4.78 is 1.07. The Bertz CT molecular complexity index is 979. The topological polar surface area (TPSA) is 3.24 Å². The molecule has 4 rings (SSSR count). The largest absolute Gasteiger partial charge is 0.310 e. The molecule has 2 heteroatoms. The third-order valence-corrected chi connectivity index (χ3v) is 4.57. The number of hydrogen-bond acceptors (Lipinski definition) is 1. The van der Waals surface area contributed by atoms with Crippen LogP contribution in [0.3, 0.4) is 0 Å². The lowest BCUT2D eigenvalue weighted by Gasteiger charge is -2.26. The Kier molecular flexibility index (Phi) is 4.06. The molecular weight excluding hydrogens is 358 g/mol. The summed E-state index contributed by atoms with van der Waals surface area (Å²) in [5, 5.41) is 2.49. The highest BCUT2D eigenvalue weighted by atomic mass is 79.9. The quantitative estimate of drug-likeness (QED) is 0.371. The molecule has 0 aliphatic rings. The molecule has 0 N–H and O–H groups in total. The fourth-order valence-corrected chi connectivity index (χ4v) is 3.34. The summed E-state index contributed by atoms with van der Waals surface area (Å²) in [7, 11) is 0. The summed E-state index contributed by atoms with van der Waals surface area (Å²) in [6.07, 6.45) is 0. The summed E-state index contributed by atoms with van der Waals surface area (Å²) in [5.41, 5.74) is 3.43. The van der Waals surface area contributed by atoms with E-state index in [0.717, 1.165) is 21.5 Å². The highest BCUT2D eigenvalue weighted by Crippen LogP contribution is 2.36. The van der Waals surface area contributed by atoms with Gasteiger partial charge in [-0.1, -0.05) is 70.5 Å². The van der Waals surface area contributed by atoms with Crippen molar-refractivity contribution in [2.24, 2.45) is 0 Å². The van der Waals surface area contributed by atoms with Gasteiger partial charge in [0.05, 0.1) is 0 Å². The van der Waals surface area contributed by atoms with Crippen molar-refractivity contribution < 1.29 is 0 Å². The molecular formula is C22H16BrN. The van der Waals surface area contributed by atoms with Crippen LogP contribution in [0.4, 0.5) is 17.1 Å². The molecule has 0 bridgehead atoms. The van der Waals surface area contributed by atoms with Crippen LogP contribution in [0.2, 0.25) is 0 Å². The lowest BCUT2D eigenvalue weighted by molar-refractivity contribution is 1.28. The molecule has 0 amide bonds. The molecule has 4 aromatic carbocycles. The van der Waals surface area contributed by atoms with Gasteiger partial charge >= 0.3 is 0 Å². The first-order chi connectivity index (χ1) is 11.8. The molecule has 0 atom stereocenters. The molecule has 0 aromatic heterocycles. The minimum absolute atomic E-state index is 1.07. The minimum atomic E-state index is 1.07. The van der Waals surface area contributed by atoms with Crippen molar-refractivity contribution in [1.29, 1.82) is 0 Å². The first-order valence-electron chi connectivity index (χ1n) is 7.91.